The molecule has 0 aromatic heterocycles. The maximum absolute atomic E-state index is 10.2. The summed E-state index contributed by atoms with van der Waals surface area (Å²) in [6.45, 7) is 10.6. The second kappa shape index (κ2) is 26.7. The van der Waals surface area contributed by atoms with Gasteiger partial charge in [0.1, 0.15) is 13.2 Å². The van der Waals surface area contributed by atoms with E-state index in [1.54, 1.807) is 0 Å². The van der Waals surface area contributed by atoms with Crippen LogP contribution in [0.25, 0.3) is 0 Å². The zero-order chi connectivity index (χ0) is 22.7. The molecule has 11 heteroatoms. The van der Waals surface area contributed by atoms with E-state index >= 15 is 0 Å². The molecule has 0 bridgehead atoms. The number of aliphatic carboxylic acids is 1. The van der Waals surface area contributed by atoms with Crippen LogP contribution in [0.3, 0.4) is 0 Å². The lowest BCUT2D eigenvalue weighted by Crippen LogP contribution is -2.15. The van der Waals surface area contributed by atoms with Gasteiger partial charge in [-0.05, 0) is 0 Å². The van der Waals surface area contributed by atoms with Gasteiger partial charge in [-0.2, -0.15) is 0 Å². The van der Waals surface area contributed by atoms with Crippen LogP contribution in [0, 0.1) is 0 Å². The largest absolute Gasteiger partial charge is 0.499 e. The molecule has 0 unspecified atom stereocenters. The maximum Gasteiger partial charge on any atom is 0.329 e. The molecular weight excluding hydrogens is 416 g/mol. The summed E-state index contributed by atoms with van der Waals surface area (Å²) in [4.78, 5) is 10.2. The van der Waals surface area contributed by atoms with Crippen molar-refractivity contribution in [3.05, 3.63) is 12.8 Å². The van der Waals surface area contributed by atoms with Crippen LogP contribution in [-0.2, 0) is 47.4 Å². The smallest absolute Gasteiger partial charge is 0.329 e. The minimum Gasteiger partial charge on any atom is -0.499 e. The fourth-order valence-electron chi connectivity index (χ4n) is 1.89. The first-order valence-corrected chi connectivity index (χ1v) is 10.3. The highest BCUT2D eigenvalue weighted by molar-refractivity contribution is 5.67. The third-order valence-corrected chi connectivity index (χ3v) is 3.29. The molecular formula is C20H38O11. The van der Waals surface area contributed by atoms with Gasteiger partial charge in [0.05, 0.1) is 105 Å². The van der Waals surface area contributed by atoms with Crippen LogP contribution in [-0.4, -0.2) is 123 Å². The number of carbonyl (C=O) groups is 1. The van der Waals surface area contributed by atoms with Gasteiger partial charge < -0.3 is 47.7 Å². The molecule has 0 heterocycles. The van der Waals surface area contributed by atoms with Crippen molar-refractivity contribution >= 4 is 5.97 Å². The molecule has 0 aromatic rings. The van der Waals surface area contributed by atoms with Crippen molar-refractivity contribution in [2.45, 2.75) is 0 Å². The highest BCUT2D eigenvalue weighted by Gasteiger charge is 1.97. The van der Waals surface area contributed by atoms with E-state index in [0.717, 1.165) is 0 Å². The number of carboxylic acids is 1. The van der Waals surface area contributed by atoms with E-state index in [0.29, 0.717) is 99.1 Å². The van der Waals surface area contributed by atoms with Gasteiger partial charge in [0.25, 0.3) is 0 Å². The second-order valence-corrected chi connectivity index (χ2v) is 5.77. The van der Waals surface area contributed by atoms with Gasteiger partial charge in [0, 0.05) is 0 Å². The number of hydrogen-bond donors (Lipinski definition) is 1. The quantitative estimate of drug-likeness (QED) is 0.137. The Labute approximate surface area is 184 Å². The first-order valence-electron chi connectivity index (χ1n) is 10.3. The van der Waals surface area contributed by atoms with Crippen LogP contribution in [0.5, 0.6) is 0 Å². The highest BCUT2D eigenvalue weighted by atomic mass is 16.6. The molecule has 0 amide bonds. The molecule has 0 saturated heterocycles. The molecule has 0 aliphatic carbocycles. The van der Waals surface area contributed by atoms with Crippen molar-refractivity contribution < 1.29 is 52.5 Å². The van der Waals surface area contributed by atoms with E-state index in [1.807, 2.05) is 0 Å². The van der Waals surface area contributed by atoms with Crippen molar-refractivity contribution in [3.8, 4) is 0 Å². The van der Waals surface area contributed by atoms with Gasteiger partial charge >= 0.3 is 5.97 Å². The summed E-state index contributed by atoms with van der Waals surface area (Å²) < 4.78 is 47.1. The molecule has 0 saturated carbocycles. The third-order valence-electron chi connectivity index (χ3n) is 3.29. The summed E-state index contributed by atoms with van der Waals surface area (Å²) in [6, 6.07) is 0. The number of rotatable bonds is 27. The summed E-state index contributed by atoms with van der Waals surface area (Å²) in [7, 11) is 0. The van der Waals surface area contributed by atoms with E-state index in [2.05, 4.69) is 6.58 Å². The Hall–Kier alpha value is -1.31. The summed E-state index contributed by atoms with van der Waals surface area (Å²) in [5.41, 5.74) is 0. The monoisotopic (exact) mass is 454 g/mol. The van der Waals surface area contributed by atoms with Crippen molar-refractivity contribution in [2.24, 2.45) is 0 Å². The van der Waals surface area contributed by atoms with E-state index in [-0.39, 0.29) is 13.2 Å². The standard InChI is InChI=1S/C20H38O11/c1-2-23-3-4-24-5-6-25-7-8-26-9-10-27-11-12-28-13-14-29-15-16-30-17-18-31-19-20(21)22/h2H,1,3-19H2,(H,21,22). The number of hydrogen-bond acceptors (Lipinski definition) is 10. The van der Waals surface area contributed by atoms with Gasteiger partial charge in [0.15, 0.2) is 0 Å². The van der Waals surface area contributed by atoms with Crippen LogP contribution in [0.15, 0.2) is 12.8 Å². The Kier molecular flexibility index (Phi) is 25.6. The van der Waals surface area contributed by atoms with Crippen molar-refractivity contribution in [3.63, 3.8) is 0 Å². The first-order chi connectivity index (χ1) is 15.3. The Morgan fingerprint density at radius 2 is 0.774 bits per heavy atom. The SMILES string of the molecule is C=COCCOCCOCCOCCOCCOCCOCCOCCOCC(=O)O. The Bertz CT molecular complexity index is 382. The zero-order valence-corrected chi connectivity index (χ0v) is 18.3. The van der Waals surface area contributed by atoms with Crippen LogP contribution >= 0.6 is 0 Å². The van der Waals surface area contributed by atoms with E-state index in [1.165, 1.54) is 6.26 Å². The van der Waals surface area contributed by atoms with Crippen molar-refractivity contribution in [2.75, 3.05) is 112 Å². The summed E-state index contributed by atoms with van der Waals surface area (Å²) in [5.74, 6) is -0.993. The molecule has 0 rings (SSSR count). The molecule has 0 radical (unpaired) electrons. The molecule has 11 nitrogen and oxygen atoms in total. The third kappa shape index (κ3) is 28.7. The fourth-order valence-corrected chi connectivity index (χ4v) is 1.89. The lowest BCUT2D eigenvalue weighted by molar-refractivity contribution is -0.142. The predicted octanol–water partition coefficient (Wildman–Crippen LogP) is 0.364. The Morgan fingerprint density at radius 1 is 0.516 bits per heavy atom. The lowest BCUT2D eigenvalue weighted by Gasteiger charge is -2.08. The van der Waals surface area contributed by atoms with Gasteiger partial charge in [0.2, 0.25) is 0 Å². The Morgan fingerprint density at radius 3 is 1.03 bits per heavy atom. The molecule has 0 aromatic carbocycles. The van der Waals surface area contributed by atoms with Gasteiger partial charge in [-0.3, -0.25) is 0 Å². The van der Waals surface area contributed by atoms with Crippen LogP contribution in [0.1, 0.15) is 0 Å². The second-order valence-electron chi connectivity index (χ2n) is 5.77. The summed E-state index contributed by atoms with van der Waals surface area (Å²) in [5, 5.41) is 8.38. The summed E-state index contributed by atoms with van der Waals surface area (Å²) >= 11 is 0. The summed E-state index contributed by atoms with van der Waals surface area (Å²) in [6.07, 6.45) is 1.39. The molecule has 1 N–H and O–H groups in total. The number of ether oxygens (including phenoxy) is 9. The van der Waals surface area contributed by atoms with E-state index in [4.69, 9.17) is 47.7 Å². The van der Waals surface area contributed by atoms with Crippen LogP contribution in [0.2, 0.25) is 0 Å². The molecule has 0 fully saturated rings. The van der Waals surface area contributed by atoms with Crippen molar-refractivity contribution in [1.82, 2.24) is 0 Å². The minimum atomic E-state index is -0.993. The van der Waals surface area contributed by atoms with Gasteiger partial charge in [-0.25, -0.2) is 4.79 Å². The average molecular weight is 455 g/mol. The fraction of sp³-hybridized carbons (Fsp3) is 0.850. The minimum absolute atomic E-state index is 0.247. The van der Waals surface area contributed by atoms with E-state index < -0.39 is 5.97 Å². The van der Waals surface area contributed by atoms with Crippen LogP contribution in [0.4, 0.5) is 0 Å². The topological polar surface area (TPSA) is 120 Å². The van der Waals surface area contributed by atoms with E-state index in [9.17, 15) is 4.79 Å². The molecule has 0 aliphatic heterocycles. The Balaban J connectivity index is 3.00. The predicted molar refractivity (Wildman–Crippen MR) is 110 cm³/mol. The highest BCUT2D eigenvalue weighted by Crippen LogP contribution is 1.86. The van der Waals surface area contributed by atoms with Gasteiger partial charge in [-0.15, -0.1) is 0 Å². The molecule has 31 heavy (non-hydrogen) atoms. The molecule has 0 atom stereocenters. The van der Waals surface area contributed by atoms with Gasteiger partial charge in [-0.1, -0.05) is 6.58 Å². The van der Waals surface area contributed by atoms with Crippen LogP contribution < -0.4 is 0 Å². The van der Waals surface area contributed by atoms with Crippen molar-refractivity contribution in [1.29, 1.82) is 0 Å². The number of carboxylic acid groups (broad SMARTS) is 1. The molecule has 184 valence electrons. The molecule has 0 spiro atoms. The zero-order valence-electron chi connectivity index (χ0n) is 18.3. The average Bonchev–Trinajstić information content (AvgIpc) is 2.76. The normalized spacial score (nSPS) is 11.0. The maximum atomic E-state index is 10.2. The molecule has 0 aliphatic rings. The first kappa shape index (κ1) is 29.7. The lowest BCUT2D eigenvalue weighted by atomic mass is 10.6.